The molecule has 0 saturated heterocycles. The molecule has 3 heterocycles. The minimum Gasteiger partial charge on any atom is -0.497 e. The lowest BCUT2D eigenvalue weighted by Gasteiger charge is -2.28. The van der Waals surface area contributed by atoms with Gasteiger partial charge in [-0.1, -0.05) is 24.3 Å². The summed E-state index contributed by atoms with van der Waals surface area (Å²) in [5.74, 6) is 1.39. The second-order valence-corrected chi connectivity index (χ2v) is 9.72. The van der Waals surface area contributed by atoms with E-state index in [9.17, 15) is 9.59 Å². The first-order valence-corrected chi connectivity index (χ1v) is 12.8. The molecule has 2 N–H and O–H groups in total. The zero-order chi connectivity index (χ0) is 25.6. The molecule has 0 aliphatic heterocycles. The molecule has 1 amide bonds. The Morgan fingerprint density at radius 1 is 1.05 bits per heavy atom. The van der Waals surface area contributed by atoms with Crippen LogP contribution in [0.15, 0.2) is 99.7 Å². The lowest BCUT2D eigenvalue weighted by molar-refractivity contribution is -0.135. The molecule has 0 fully saturated rings. The van der Waals surface area contributed by atoms with Gasteiger partial charge in [-0.2, -0.15) is 0 Å². The Kier molecular flexibility index (Phi) is 7.49. The maximum atomic E-state index is 14.1. The number of aromatic amines is 1. The van der Waals surface area contributed by atoms with Gasteiger partial charge in [0.15, 0.2) is 0 Å². The molecular weight excluding hydrogens is 486 g/mol. The standard InChI is InChI=1S/C29H27N3O4S/c1-35-23-10-7-21(8-11-23)28(30-17-20-6-12-26-22(16-20)9-13-27(33)31-26)29(34)32(18-24-4-2-14-36-24)19-25-5-3-15-37-25/h2-16,28,30H,17-19H2,1H3,(H,31,33)/t28-/m1/s1. The number of rotatable bonds is 10. The topological polar surface area (TPSA) is 87.6 Å². The third kappa shape index (κ3) is 5.99. The van der Waals surface area contributed by atoms with Crippen LogP contribution in [0.5, 0.6) is 5.75 Å². The van der Waals surface area contributed by atoms with E-state index in [0.29, 0.717) is 19.6 Å². The van der Waals surface area contributed by atoms with E-state index in [0.717, 1.165) is 38.4 Å². The molecule has 2 aromatic carbocycles. The lowest BCUT2D eigenvalue weighted by atomic mass is 10.0. The molecule has 5 aromatic rings. The normalized spacial score (nSPS) is 11.9. The van der Waals surface area contributed by atoms with Crippen molar-refractivity contribution in [1.29, 1.82) is 0 Å². The maximum Gasteiger partial charge on any atom is 0.248 e. The molecule has 0 bridgehead atoms. The van der Waals surface area contributed by atoms with Gasteiger partial charge in [-0.05, 0) is 70.4 Å². The van der Waals surface area contributed by atoms with Crippen LogP contribution in [0.25, 0.3) is 10.9 Å². The first-order valence-electron chi connectivity index (χ1n) is 11.9. The van der Waals surface area contributed by atoms with Crippen molar-refractivity contribution in [3.63, 3.8) is 0 Å². The molecule has 8 heteroatoms. The van der Waals surface area contributed by atoms with Gasteiger partial charge in [0.1, 0.15) is 17.6 Å². The minimum atomic E-state index is -0.591. The molecule has 7 nitrogen and oxygen atoms in total. The van der Waals surface area contributed by atoms with Crippen LogP contribution in [-0.2, 0) is 24.4 Å². The molecule has 0 aliphatic rings. The van der Waals surface area contributed by atoms with Crippen molar-refractivity contribution in [3.05, 3.63) is 123 Å². The van der Waals surface area contributed by atoms with Crippen LogP contribution >= 0.6 is 11.3 Å². The number of thiophene rings is 1. The predicted octanol–water partition coefficient (Wildman–Crippen LogP) is 5.25. The van der Waals surface area contributed by atoms with E-state index in [4.69, 9.17) is 9.15 Å². The third-order valence-electron chi connectivity index (χ3n) is 6.16. The fourth-order valence-corrected chi connectivity index (χ4v) is 4.97. The number of nitrogens with zero attached hydrogens (tertiary/aromatic N) is 1. The molecule has 3 aromatic heterocycles. The summed E-state index contributed by atoms with van der Waals surface area (Å²) in [7, 11) is 1.62. The zero-order valence-electron chi connectivity index (χ0n) is 20.3. The number of carbonyl (C=O) groups excluding carboxylic acids is 1. The van der Waals surface area contributed by atoms with Crippen LogP contribution in [-0.4, -0.2) is 22.9 Å². The average molecular weight is 514 g/mol. The Morgan fingerprint density at radius 3 is 2.65 bits per heavy atom. The number of aromatic nitrogens is 1. The summed E-state index contributed by atoms with van der Waals surface area (Å²) in [5.41, 5.74) is 2.48. The molecular formula is C29H27N3O4S. The smallest absolute Gasteiger partial charge is 0.248 e. The molecule has 0 radical (unpaired) electrons. The van der Waals surface area contributed by atoms with Crippen LogP contribution in [0.3, 0.4) is 0 Å². The van der Waals surface area contributed by atoms with E-state index in [1.165, 1.54) is 6.07 Å². The minimum absolute atomic E-state index is 0.0555. The van der Waals surface area contributed by atoms with Crippen LogP contribution in [0.4, 0.5) is 0 Å². The molecule has 0 spiro atoms. The molecule has 0 unspecified atom stereocenters. The average Bonchev–Trinajstić information content (AvgIpc) is 3.63. The van der Waals surface area contributed by atoms with Gasteiger partial charge >= 0.3 is 0 Å². The lowest BCUT2D eigenvalue weighted by Crippen LogP contribution is -2.40. The molecule has 1 atom stereocenters. The summed E-state index contributed by atoms with van der Waals surface area (Å²) >= 11 is 1.62. The van der Waals surface area contributed by atoms with Gasteiger partial charge in [-0.25, -0.2) is 0 Å². The number of hydrogen-bond donors (Lipinski definition) is 2. The van der Waals surface area contributed by atoms with Gasteiger partial charge in [0.25, 0.3) is 0 Å². The van der Waals surface area contributed by atoms with Crippen molar-refractivity contribution in [2.45, 2.75) is 25.7 Å². The van der Waals surface area contributed by atoms with Gasteiger partial charge in [0, 0.05) is 23.0 Å². The van der Waals surface area contributed by atoms with E-state index < -0.39 is 6.04 Å². The molecule has 0 aliphatic carbocycles. The Hall–Kier alpha value is -4.14. The highest BCUT2D eigenvalue weighted by atomic mass is 32.1. The highest BCUT2D eigenvalue weighted by Gasteiger charge is 2.27. The summed E-state index contributed by atoms with van der Waals surface area (Å²) in [6, 6.07) is 23.8. The van der Waals surface area contributed by atoms with Gasteiger partial charge in [-0.3, -0.25) is 14.9 Å². The first-order chi connectivity index (χ1) is 18.1. The number of carbonyl (C=O) groups is 1. The Morgan fingerprint density at radius 2 is 1.92 bits per heavy atom. The predicted molar refractivity (Wildman–Crippen MR) is 144 cm³/mol. The number of methoxy groups -OCH3 is 1. The summed E-state index contributed by atoms with van der Waals surface area (Å²) in [6.45, 7) is 1.31. The Bertz CT molecular complexity index is 1470. The SMILES string of the molecule is COc1ccc([C@@H](NCc2ccc3[nH]c(=O)ccc3c2)C(=O)N(Cc2ccco2)Cc2cccs2)cc1. The van der Waals surface area contributed by atoms with Crippen molar-refractivity contribution >= 4 is 28.1 Å². The first kappa shape index (κ1) is 24.5. The van der Waals surface area contributed by atoms with E-state index in [1.54, 1.807) is 30.8 Å². The number of furan rings is 1. The summed E-state index contributed by atoms with van der Waals surface area (Å²) in [6.07, 6.45) is 1.62. The third-order valence-corrected chi connectivity index (χ3v) is 7.02. The van der Waals surface area contributed by atoms with Gasteiger partial charge in [0.05, 0.1) is 26.5 Å². The van der Waals surface area contributed by atoms with Gasteiger partial charge in [0.2, 0.25) is 11.5 Å². The van der Waals surface area contributed by atoms with E-state index in [2.05, 4.69) is 10.3 Å². The van der Waals surface area contributed by atoms with E-state index in [-0.39, 0.29) is 11.5 Å². The fraction of sp³-hybridized carbons (Fsp3) is 0.172. The van der Waals surface area contributed by atoms with E-state index in [1.807, 2.05) is 77.0 Å². The monoisotopic (exact) mass is 513 g/mol. The van der Waals surface area contributed by atoms with Crippen LogP contribution in [0.1, 0.15) is 27.8 Å². The van der Waals surface area contributed by atoms with E-state index >= 15 is 0 Å². The number of pyridine rings is 1. The number of hydrogen-bond acceptors (Lipinski definition) is 6. The number of ether oxygens (including phenoxy) is 1. The van der Waals surface area contributed by atoms with Crippen molar-refractivity contribution in [2.24, 2.45) is 0 Å². The Labute approximate surface area is 218 Å². The number of fused-ring (bicyclic) bond motifs is 1. The number of benzene rings is 2. The number of nitrogens with one attached hydrogen (secondary N) is 2. The highest BCUT2D eigenvalue weighted by molar-refractivity contribution is 7.09. The summed E-state index contributed by atoms with van der Waals surface area (Å²) in [5, 5.41) is 6.42. The molecule has 0 saturated carbocycles. The van der Waals surface area contributed by atoms with Crippen LogP contribution in [0.2, 0.25) is 0 Å². The molecule has 37 heavy (non-hydrogen) atoms. The molecule has 188 valence electrons. The van der Waals surface area contributed by atoms with Crippen LogP contribution in [0, 0.1) is 0 Å². The second-order valence-electron chi connectivity index (χ2n) is 8.68. The largest absolute Gasteiger partial charge is 0.497 e. The summed E-state index contributed by atoms with van der Waals surface area (Å²) in [4.78, 5) is 31.5. The zero-order valence-corrected chi connectivity index (χ0v) is 21.2. The number of amides is 1. The highest BCUT2D eigenvalue weighted by Crippen LogP contribution is 2.24. The van der Waals surface area contributed by atoms with Crippen molar-refractivity contribution in [3.8, 4) is 5.75 Å². The van der Waals surface area contributed by atoms with Crippen LogP contribution < -0.4 is 15.6 Å². The molecule has 5 rings (SSSR count). The van der Waals surface area contributed by atoms with Crippen molar-refractivity contribution in [1.82, 2.24) is 15.2 Å². The fourth-order valence-electron chi connectivity index (χ4n) is 4.25. The Balaban J connectivity index is 1.43. The quantitative estimate of drug-likeness (QED) is 0.266. The van der Waals surface area contributed by atoms with Gasteiger partial charge in [-0.15, -0.1) is 11.3 Å². The maximum absolute atomic E-state index is 14.1. The number of H-pyrrole nitrogens is 1. The van der Waals surface area contributed by atoms with Crippen molar-refractivity contribution in [2.75, 3.05) is 7.11 Å². The van der Waals surface area contributed by atoms with Crippen molar-refractivity contribution < 1.29 is 13.9 Å². The summed E-state index contributed by atoms with van der Waals surface area (Å²) < 4.78 is 10.9. The second kappa shape index (κ2) is 11.3. The van der Waals surface area contributed by atoms with Gasteiger partial charge < -0.3 is 19.0 Å².